The van der Waals surface area contributed by atoms with Crippen molar-refractivity contribution in [2.45, 2.75) is 71.2 Å². The Morgan fingerprint density at radius 3 is 2.33 bits per heavy atom. The van der Waals surface area contributed by atoms with Crippen molar-refractivity contribution in [3.8, 4) is 17.7 Å². The minimum absolute atomic E-state index is 0.129. The zero-order chi connectivity index (χ0) is 30.8. The molecule has 0 aromatic heterocycles. The fourth-order valence-corrected chi connectivity index (χ4v) is 5.87. The molecule has 3 aromatic carbocycles. The normalized spacial score (nSPS) is 15.0. The van der Waals surface area contributed by atoms with Crippen LogP contribution in [0.2, 0.25) is 0 Å². The fraction of sp³-hybridized carbons (Fsp3) is 0.389. The highest BCUT2D eigenvalue weighted by Gasteiger charge is 2.39. The van der Waals surface area contributed by atoms with E-state index in [0.717, 1.165) is 34.5 Å². The first-order chi connectivity index (χ1) is 20.8. The number of carbonyl (C=O) groups is 2. The van der Waals surface area contributed by atoms with E-state index in [4.69, 9.17) is 10.5 Å². The summed E-state index contributed by atoms with van der Waals surface area (Å²) in [6, 6.07) is 27.8. The number of ether oxygens (including phenoxy) is 1. The van der Waals surface area contributed by atoms with Crippen LogP contribution in [0.25, 0.3) is 0 Å². The Morgan fingerprint density at radius 2 is 1.67 bits per heavy atom. The maximum Gasteiger partial charge on any atom is 0.247 e. The Bertz CT molecular complexity index is 1400. The van der Waals surface area contributed by atoms with Crippen LogP contribution in [-0.2, 0) is 22.6 Å². The summed E-state index contributed by atoms with van der Waals surface area (Å²) >= 11 is 0. The lowest BCUT2D eigenvalue weighted by molar-refractivity contribution is -0.142. The first-order valence-corrected chi connectivity index (χ1v) is 15.2. The van der Waals surface area contributed by atoms with Gasteiger partial charge in [0.15, 0.2) is 0 Å². The molecule has 2 unspecified atom stereocenters. The van der Waals surface area contributed by atoms with Gasteiger partial charge in [-0.25, -0.2) is 0 Å². The molecule has 7 heteroatoms. The van der Waals surface area contributed by atoms with Crippen molar-refractivity contribution in [1.82, 2.24) is 15.1 Å². The third-order valence-electron chi connectivity index (χ3n) is 8.03. The number of nitrogens with zero attached hydrogens (tertiary/aromatic N) is 2. The largest absolute Gasteiger partial charge is 0.489 e. The molecule has 7 nitrogen and oxygen atoms in total. The third-order valence-corrected chi connectivity index (χ3v) is 8.03. The van der Waals surface area contributed by atoms with Crippen LogP contribution in [0.5, 0.6) is 5.75 Å². The molecule has 4 rings (SSSR count). The molecule has 0 saturated heterocycles. The highest BCUT2D eigenvalue weighted by molar-refractivity contribution is 5.92. The summed E-state index contributed by atoms with van der Waals surface area (Å²) < 4.78 is 6.09. The van der Waals surface area contributed by atoms with Gasteiger partial charge in [-0.3, -0.25) is 14.5 Å². The maximum absolute atomic E-state index is 14.2. The molecule has 0 radical (unpaired) electrons. The second-order valence-electron chi connectivity index (χ2n) is 11.5. The van der Waals surface area contributed by atoms with E-state index in [1.54, 1.807) is 4.90 Å². The van der Waals surface area contributed by atoms with Crippen LogP contribution in [-0.4, -0.2) is 53.3 Å². The number of rotatable bonds is 12. The monoisotopic (exact) mass is 580 g/mol. The van der Waals surface area contributed by atoms with E-state index in [9.17, 15) is 9.59 Å². The molecular formula is C36H44N4O3. The lowest BCUT2D eigenvalue weighted by Gasteiger charge is -2.38. The van der Waals surface area contributed by atoms with Crippen LogP contribution >= 0.6 is 0 Å². The van der Waals surface area contributed by atoms with Crippen LogP contribution in [0.15, 0.2) is 78.9 Å². The van der Waals surface area contributed by atoms with E-state index in [0.29, 0.717) is 38.2 Å². The molecular weight excluding hydrogens is 536 g/mol. The predicted molar refractivity (Wildman–Crippen MR) is 171 cm³/mol. The number of benzene rings is 3. The number of hydrogen-bond acceptors (Lipinski definition) is 5. The second-order valence-corrected chi connectivity index (χ2v) is 11.5. The maximum atomic E-state index is 14.2. The summed E-state index contributed by atoms with van der Waals surface area (Å²) in [5.41, 5.74) is 9.28. The molecule has 0 spiro atoms. The van der Waals surface area contributed by atoms with Gasteiger partial charge in [0.25, 0.3) is 0 Å². The number of fused-ring (bicyclic) bond motifs is 1. The van der Waals surface area contributed by atoms with Gasteiger partial charge in [0, 0.05) is 44.2 Å². The van der Waals surface area contributed by atoms with Gasteiger partial charge in [0.05, 0.1) is 5.92 Å². The summed E-state index contributed by atoms with van der Waals surface area (Å²) in [4.78, 5) is 32.2. The van der Waals surface area contributed by atoms with Gasteiger partial charge < -0.3 is 20.7 Å². The van der Waals surface area contributed by atoms with Gasteiger partial charge in [-0.1, -0.05) is 72.7 Å². The Morgan fingerprint density at radius 1 is 1.00 bits per heavy atom. The molecule has 0 saturated carbocycles. The van der Waals surface area contributed by atoms with E-state index >= 15 is 0 Å². The van der Waals surface area contributed by atoms with Crippen molar-refractivity contribution in [2.24, 2.45) is 5.73 Å². The molecule has 3 aromatic rings. The molecule has 0 aliphatic carbocycles. The smallest absolute Gasteiger partial charge is 0.247 e. The standard InChI is InChI=1S/C36H44N4O3/c1-26(2)39(27(3)4)23-21-38-35(41)34-32-18-17-31(43-25-28-12-7-5-8-13-28)24-30(32)19-22-40(34)36(42)33(16-11-20-37)29-14-9-6-10-15-29/h5-10,12-15,17-18,24,26-27,33-34H,16,19,21-23,25,37H2,1-4H3,(H,38,41). The van der Waals surface area contributed by atoms with Crippen molar-refractivity contribution in [3.05, 3.63) is 101 Å². The summed E-state index contributed by atoms with van der Waals surface area (Å²) in [7, 11) is 0. The number of nitrogens with one attached hydrogen (secondary N) is 1. The predicted octanol–water partition coefficient (Wildman–Crippen LogP) is 5.02. The van der Waals surface area contributed by atoms with E-state index < -0.39 is 12.0 Å². The van der Waals surface area contributed by atoms with Gasteiger partial charge in [-0.05, 0) is 68.5 Å². The molecule has 0 fully saturated rings. The average Bonchev–Trinajstić information content (AvgIpc) is 3.02. The molecule has 1 aliphatic rings. The quantitative estimate of drug-likeness (QED) is 0.232. The first-order valence-electron chi connectivity index (χ1n) is 15.2. The molecule has 1 heterocycles. The van der Waals surface area contributed by atoms with Gasteiger partial charge in [-0.15, -0.1) is 0 Å². The van der Waals surface area contributed by atoms with Crippen LogP contribution in [0.3, 0.4) is 0 Å². The average molecular weight is 581 g/mol. The van der Waals surface area contributed by atoms with Crippen LogP contribution in [0, 0.1) is 12.0 Å². The molecule has 3 N–H and O–H groups in total. The van der Waals surface area contributed by atoms with E-state index in [2.05, 4.69) is 49.9 Å². The van der Waals surface area contributed by atoms with Crippen molar-refractivity contribution in [1.29, 1.82) is 0 Å². The van der Waals surface area contributed by atoms with E-state index in [-0.39, 0.29) is 18.2 Å². The van der Waals surface area contributed by atoms with Crippen LogP contribution in [0.4, 0.5) is 0 Å². The highest BCUT2D eigenvalue weighted by atomic mass is 16.5. The fourth-order valence-electron chi connectivity index (χ4n) is 5.87. The van der Waals surface area contributed by atoms with Gasteiger partial charge in [0.2, 0.25) is 11.8 Å². The summed E-state index contributed by atoms with van der Waals surface area (Å²) in [6.45, 7) is 10.7. The van der Waals surface area contributed by atoms with Gasteiger partial charge in [-0.2, -0.15) is 0 Å². The van der Waals surface area contributed by atoms with Crippen molar-refractivity contribution < 1.29 is 14.3 Å². The minimum atomic E-state index is -0.761. The Hall–Kier alpha value is -4.28. The minimum Gasteiger partial charge on any atom is -0.489 e. The topological polar surface area (TPSA) is 87.9 Å². The number of amides is 2. The van der Waals surface area contributed by atoms with Crippen LogP contribution < -0.4 is 15.8 Å². The molecule has 43 heavy (non-hydrogen) atoms. The van der Waals surface area contributed by atoms with Crippen molar-refractivity contribution in [2.75, 3.05) is 19.6 Å². The molecule has 1 aliphatic heterocycles. The van der Waals surface area contributed by atoms with E-state index in [1.165, 1.54) is 0 Å². The lowest BCUT2D eigenvalue weighted by atomic mass is 9.88. The number of nitrogens with two attached hydrogens (primary N) is 1. The molecule has 0 bridgehead atoms. The lowest BCUT2D eigenvalue weighted by Crippen LogP contribution is -2.50. The third kappa shape index (κ3) is 8.18. The molecule has 226 valence electrons. The number of carbonyl (C=O) groups excluding carboxylic acids is 2. The Balaban J connectivity index is 1.61. The second kappa shape index (κ2) is 15.3. The van der Waals surface area contributed by atoms with Crippen molar-refractivity contribution in [3.63, 3.8) is 0 Å². The van der Waals surface area contributed by atoms with Gasteiger partial charge >= 0.3 is 0 Å². The van der Waals surface area contributed by atoms with Crippen LogP contribution in [0.1, 0.15) is 68.3 Å². The number of hydrogen-bond donors (Lipinski definition) is 2. The van der Waals surface area contributed by atoms with E-state index in [1.807, 2.05) is 78.9 Å². The Kier molecular flexibility index (Phi) is 11.2. The summed E-state index contributed by atoms with van der Waals surface area (Å²) in [6.07, 6.45) is 0.896. The zero-order valence-electron chi connectivity index (χ0n) is 25.8. The SMILES string of the molecule is CC(C)N(CCNC(=O)C1c2ccc(OCc3ccccc3)cc2CCN1C(=O)C(CC#CN)c1ccccc1)C(C)C. The summed E-state index contributed by atoms with van der Waals surface area (Å²) in [5.74, 6) is 2.79. The molecule has 2 amide bonds. The van der Waals surface area contributed by atoms with Crippen molar-refractivity contribution >= 4 is 11.8 Å². The first kappa shape index (κ1) is 31.7. The zero-order valence-corrected chi connectivity index (χ0v) is 25.8. The Labute approximate surface area is 256 Å². The summed E-state index contributed by atoms with van der Waals surface area (Å²) in [5, 5.41) is 3.15. The van der Waals surface area contributed by atoms with Gasteiger partial charge in [0.1, 0.15) is 18.4 Å². The highest BCUT2D eigenvalue weighted by Crippen LogP contribution is 2.35. The molecule has 2 atom stereocenters.